The molecule has 1 saturated carbocycles. The number of anilines is 1. The van der Waals surface area contributed by atoms with Gasteiger partial charge in [-0.1, -0.05) is 25.8 Å². The van der Waals surface area contributed by atoms with E-state index in [-0.39, 0.29) is 0 Å². The first-order valence-electron chi connectivity index (χ1n) is 6.98. The van der Waals surface area contributed by atoms with Crippen molar-refractivity contribution >= 4 is 28.5 Å². The Balaban J connectivity index is 1.66. The van der Waals surface area contributed by atoms with Gasteiger partial charge in [-0.15, -0.1) is 11.8 Å². The number of benzene rings is 1. The highest BCUT2D eigenvalue weighted by molar-refractivity contribution is 7.99. The van der Waals surface area contributed by atoms with E-state index in [2.05, 4.69) is 11.9 Å². The molecule has 1 aromatic heterocycles. The summed E-state index contributed by atoms with van der Waals surface area (Å²) in [5.74, 6) is 2.52. The summed E-state index contributed by atoms with van der Waals surface area (Å²) in [6.45, 7) is 2.35. The summed E-state index contributed by atoms with van der Waals surface area (Å²) >= 11 is 1.98. The molecule has 19 heavy (non-hydrogen) atoms. The third-order valence-electron chi connectivity index (χ3n) is 3.83. The zero-order valence-corrected chi connectivity index (χ0v) is 12.1. The van der Waals surface area contributed by atoms with E-state index in [9.17, 15) is 0 Å². The number of para-hydroxylation sites is 1. The van der Waals surface area contributed by atoms with Crippen molar-refractivity contribution in [2.24, 2.45) is 5.92 Å². The molecule has 2 aromatic rings. The van der Waals surface area contributed by atoms with Crippen LogP contribution in [0.3, 0.4) is 0 Å². The fraction of sp³-hybridized carbons (Fsp3) is 0.533. The van der Waals surface area contributed by atoms with Crippen molar-refractivity contribution < 1.29 is 4.42 Å². The Morgan fingerprint density at radius 1 is 1.42 bits per heavy atom. The first kappa shape index (κ1) is 12.9. The van der Waals surface area contributed by atoms with Crippen LogP contribution >= 0.6 is 11.8 Å². The van der Waals surface area contributed by atoms with E-state index < -0.39 is 0 Å². The molecule has 102 valence electrons. The van der Waals surface area contributed by atoms with Crippen molar-refractivity contribution in [2.75, 3.05) is 5.73 Å². The van der Waals surface area contributed by atoms with Crippen molar-refractivity contribution in [3.05, 3.63) is 24.1 Å². The molecular weight excluding hydrogens is 256 g/mol. The smallest absolute Gasteiger partial charge is 0.205 e. The van der Waals surface area contributed by atoms with Crippen molar-refractivity contribution in [3.8, 4) is 0 Å². The van der Waals surface area contributed by atoms with Gasteiger partial charge in [0.15, 0.2) is 5.58 Å². The Morgan fingerprint density at radius 3 is 3.11 bits per heavy atom. The fourth-order valence-corrected chi connectivity index (χ4v) is 4.10. The van der Waals surface area contributed by atoms with Gasteiger partial charge < -0.3 is 10.2 Å². The van der Waals surface area contributed by atoms with Gasteiger partial charge >= 0.3 is 0 Å². The second kappa shape index (κ2) is 5.45. The Morgan fingerprint density at radius 2 is 2.32 bits per heavy atom. The molecule has 0 bridgehead atoms. The van der Waals surface area contributed by atoms with Crippen LogP contribution < -0.4 is 5.73 Å². The summed E-state index contributed by atoms with van der Waals surface area (Å²) in [6, 6.07) is 5.70. The van der Waals surface area contributed by atoms with Crippen LogP contribution in [0, 0.1) is 5.92 Å². The maximum absolute atomic E-state index is 5.90. The molecule has 2 N–H and O–H groups in total. The molecule has 3 rings (SSSR count). The maximum Gasteiger partial charge on any atom is 0.205 e. The number of fused-ring (bicyclic) bond motifs is 1. The standard InChI is InChI=1S/C15H20N2OS/c1-10-4-2-5-11(8-10)19-9-14-17-15-12(16)6-3-7-13(15)18-14/h3,6-7,10-11H,2,4-5,8-9,16H2,1H3. The highest BCUT2D eigenvalue weighted by atomic mass is 32.2. The number of nitrogens with zero attached hydrogens (tertiary/aromatic N) is 1. The Hall–Kier alpha value is -1.16. The highest BCUT2D eigenvalue weighted by Crippen LogP contribution is 2.34. The lowest BCUT2D eigenvalue weighted by atomic mass is 9.91. The second-order valence-electron chi connectivity index (χ2n) is 5.51. The molecule has 4 heteroatoms. The van der Waals surface area contributed by atoms with Crippen LogP contribution in [0.15, 0.2) is 22.6 Å². The van der Waals surface area contributed by atoms with E-state index in [0.717, 1.165) is 33.9 Å². The molecule has 2 unspecified atom stereocenters. The van der Waals surface area contributed by atoms with Gasteiger partial charge in [0.05, 0.1) is 11.4 Å². The molecule has 1 aliphatic carbocycles. The summed E-state index contributed by atoms with van der Waals surface area (Å²) in [6.07, 6.45) is 5.40. The van der Waals surface area contributed by atoms with Crippen LogP contribution in [0.2, 0.25) is 0 Å². The van der Waals surface area contributed by atoms with Gasteiger partial charge in [0, 0.05) is 5.25 Å². The molecular formula is C15H20N2OS. The number of hydrogen-bond donors (Lipinski definition) is 1. The molecule has 0 saturated heterocycles. The summed E-state index contributed by atoms with van der Waals surface area (Å²) in [4.78, 5) is 4.50. The summed E-state index contributed by atoms with van der Waals surface area (Å²) in [5, 5.41) is 0.760. The number of aromatic nitrogens is 1. The SMILES string of the molecule is CC1CCCC(SCc2nc3c(N)cccc3o2)C1. The third kappa shape index (κ3) is 2.89. The van der Waals surface area contributed by atoms with Crippen molar-refractivity contribution in [2.45, 2.75) is 43.6 Å². The molecule has 1 fully saturated rings. The van der Waals surface area contributed by atoms with Gasteiger partial charge in [0.1, 0.15) is 5.52 Å². The van der Waals surface area contributed by atoms with Crippen LogP contribution in [-0.4, -0.2) is 10.2 Å². The number of hydrogen-bond acceptors (Lipinski definition) is 4. The zero-order chi connectivity index (χ0) is 13.2. The number of rotatable bonds is 3. The monoisotopic (exact) mass is 276 g/mol. The summed E-state index contributed by atoms with van der Waals surface area (Å²) in [5.41, 5.74) is 8.20. The van der Waals surface area contributed by atoms with Crippen LogP contribution in [0.5, 0.6) is 0 Å². The summed E-state index contributed by atoms with van der Waals surface area (Å²) in [7, 11) is 0. The molecule has 0 spiro atoms. The molecule has 0 aliphatic heterocycles. The molecule has 1 aromatic carbocycles. The molecule has 1 aliphatic rings. The Kier molecular flexibility index (Phi) is 3.69. The van der Waals surface area contributed by atoms with E-state index in [1.807, 2.05) is 30.0 Å². The predicted octanol–water partition coefficient (Wildman–Crippen LogP) is 4.22. The zero-order valence-electron chi connectivity index (χ0n) is 11.3. The number of oxazole rings is 1. The van der Waals surface area contributed by atoms with Crippen molar-refractivity contribution in [1.29, 1.82) is 0 Å². The Labute approximate surface area is 118 Å². The van der Waals surface area contributed by atoms with Crippen molar-refractivity contribution in [1.82, 2.24) is 4.98 Å². The van der Waals surface area contributed by atoms with Gasteiger partial charge in [0.25, 0.3) is 0 Å². The van der Waals surface area contributed by atoms with E-state index in [1.165, 1.54) is 25.7 Å². The largest absolute Gasteiger partial charge is 0.440 e. The topological polar surface area (TPSA) is 52.0 Å². The maximum atomic E-state index is 5.90. The number of nitrogens with two attached hydrogens (primary N) is 1. The van der Waals surface area contributed by atoms with Crippen LogP contribution in [0.1, 0.15) is 38.5 Å². The second-order valence-corrected chi connectivity index (χ2v) is 6.80. The lowest BCUT2D eigenvalue weighted by molar-refractivity contribution is 0.394. The minimum Gasteiger partial charge on any atom is -0.440 e. The summed E-state index contributed by atoms with van der Waals surface area (Å²) < 4.78 is 5.75. The van der Waals surface area contributed by atoms with E-state index in [1.54, 1.807) is 0 Å². The predicted molar refractivity (Wildman–Crippen MR) is 81.1 cm³/mol. The molecule has 2 atom stereocenters. The highest BCUT2D eigenvalue weighted by Gasteiger charge is 2.20. The third-order valence-corrected chi connectivity index (χ3v) is 5.14. The van der Waals surface area contributed by atoms with Crippen molar-refractivity contribution in [3.63, 3.8) is 0 Å². The Bertz CT molecular complexity index is 566. The van der Waals surface area contributed by atoms with E-state index in [0.29, 0.717) is 5.69 Å². The lowest BCUT2D eigenvalue weighted by Crippen LogP contribution is -2.15. The van der Waals surface area contributed by atoms with Crippen LogP contribution in [0.4, 0.5) is 5.69 Å². The first-order valence-corrected chi connectivity index (χ1v) is 8.03. The lowest BCUT2D eigenvalue weighted by Gasteiger charge is -2.25. The molecule has 0 radical (unpaired) electrons. The van der Waals surface area contributed by atoms with Gasteiger partial charge in [0.2, 0.25) is 5.89 Å². The molecule has 1 heterocycles. The number of thioether (sulfide) groups is 1. The van der Waals surface area contributed by atoms with E-state index >= 15 is 0 Å². The first-order chi connectivity index (χ1) is 9.22. The molecule has 0 amide bonds. The minimum absolute atomic E-state index is 0.698. The van der Waals surface area contributed by atoms with Gasteiger partial charge in [-0.05, 0) is 30.9 Å². The van der Waals surface area contributed by atoms with E-state index in [4.69, 9.17) is 10.2 Å². The number of nitrogen functional groups attached to an aromatic ring is 1. The van der Waals surface area contributed by atoms with Crippen LogP contribution in [0.25, 0.3) is 11.1 Å². The quantitative estimate of drug-likeness (QED) is 0.853. The molecule has 3 nitrogen and oxygen atoms in total. The van der Waals surface area contributed by atoms with Gasteiger partial charge in [-0.25, -0.2) is 4.98 Å². The average molecular weight is 276 g/mol. The van der Waals surface area contributed by atoms with Gasteiger partial charge in [-0.3, -0.25) is 0 Å². The van der Waals surface area contributed by atoms with Crippen LogP contribution in [-0.2, 0) is 5.75 Å². The normalized spacial score (nSPS) is 23.8. The average Bonchev–Trinajstić information content (AvgIpc) is 2.81. The fourth-order valence-electron chi connectivity index (χ4n) is 2.80. The minimum atomic E-state index is 0.698. The van der Waals surface area contributed by atoms with Gasteiger partial charge in [-0.2, -0.15) is 0 Å².